The van der Waals surface area contributed by atoms with Crippen molar-refractivity contribution in [3.63, 3.8) is 0 Å². The van der Waals surface area contributed by atoms with Crippen molar-refractivity contribution >= 4 is 15.9 Å². The van der Waals surface area contributed by atoms with Crippen LogP contribution in [0.15, 0.2) is 35.2 Å². The highest BCUT2D eigenvalue weighted by Gasteiger charge is 2.41. The van der Waals surface area contributed by atoms with Gasteiger partial charge in [0.1, 0.15) is 6.04 Å². The van der Waals surface area contributed by atoms with Crippen LogP contribution >= 0.6 is 0 Å². The summed E-state index contributed by atoms with van der Waals surface area (Å²) in [7, 11) is -3.60. The van der Waals surface area contributed by atoms with E-state index in [1.807, 2.05) is 4.90 Å². The second-order valence-electron chi connectivity index (χ2n) is 6.59. The molecule has 0 spiro atoms. The maximum Gasteiger partial charge on any atom is 0.243 e. The van der Waals surface area contributed by atoms with Gasteiger partial charge in [0, 0.05) is 19.6 Å². The van der Waals surface area contributed by atoms with Gasteiger partial charge in [0.15, 0.2) is 0 Å². The Kier molecular flexibility index (Phi) is 4.73. The third-order valence-electron chi connectivity index (χ3n) is 4.93. The maximum atomic E-state index is 12.8. The van der Waals surface area contributed by atoms with Crippen molar-refractivity contribution in [1.82, 2.24) is 9.21 Å². The molecular weight excluding hydrogens is 312 g/mol. The monoisotopic (exact) mass is 336 g/mol. The van der Waals surface area contributed by atoms with Crippen LogP contribution in [0.4, 0.5) is 0 Å². The van der Waals surface area contributed by atoms with Gasteiger partial charge in [-0.05, 0) is 43.7 Å². The van der Waals surface area contributed by atoms with E-state index in [2.05, 4.69) is 6.92 Å². The van der Waals surface area contributed by atoms with Gasteiger partial charge >= 0.3 is 0 Å². The lowest BCUT2D eigenvalue weighted by molar-refractivity contribution is -0.135. The van der Waals surface area contributed by atoms with Crippen molar-refractivity contribution in [3.05, 3.63) is 30.3 Å². The lowest BCUT2D eigenvalue weighted by atomic mass is 9.98. The Hall–Kier alpha value is -1.40. The molecule has 2 aliphatic rings. The first-order valence-electron chi connectivity index (χ1n) is 8.36. The topological polar surface area (TPSA) is 57.7 Å². The minimum absolute atomic E-state index is 0.0195. The average molecular weight is 336 g/mol. The number of likely N-dealkylation sites (tertiary alicyclic amines) is 1. The fourth-order valence-electron chi connectivity index (χ4n) is 3.44. The van der Waals surface area contributed by atoms with Crippen molar-refractivity contribution in [2.45, 2.75) is 43.5 Å². The summed E-state index contributed by atoms with van der Waals surface area (Å²) >= 11 is 0. The van der Waals surface area contributed by atoms with E-state index in [9.17, 15) is 13.2 Å². The van der Waals surface area contributed by atoms with E-state index >= 15 is 0 Å². The summed E-state index contributed by atoms with van der Waals surface area (Å²) < 4.78 is 27.1. The first-order valence-corrected chi connectivity index (χ1v) is 9.80. The molecule has 1 atom stereocenters. The summed E-state index contributed by atoms with van der Waals surface area (Å²) in [4.78, 5) is 14.9. The van der Waals surface area contributed by atoms with Gasteiger partial charge in [-0.2, -0.15) is 4.31 Å². The van der Waals surface area contributed by atoms with Gasteiger partial charge in [-0.25, -0.2) is 8.42 Å². The van der Waals surface area contributed by atoms with Gasteiger partial charge in [-0.1, -0.05) is 25.1 Å². The molecule has 0 aliphatic carbocycles. The van der Waals surface area contributed by atoms with E-state index in [0.717, 1.165) is 32.4 Å². The molecule has 0 saturated carbocycles. The number of benzene rings is 1. The van der Waals surface area contributed by atoms with Crippen LogP contribution in [0.3, 0.4) is 0 Å². The molecule has 0 radical (unpaired) electrons. The Balaban J connectivity index is 1.79. The van der Waals surface area contributed by atoms with E-state index < -0.39 is 16.1 Å². The average Bonchev–Trinajstić information content (AvgIpc) is 3.06. The molecule has 126 valence electrons. The highest BCUT2D eigenvalue weighted by Crippen LogP contribution is 2.28. The van der Waals surface area contributed by atoms with Crippen LogP contribution in [0.1, 0.15) is 32.6 Å². The fraction of sp³-hybridized carbons (Fsp3) is 0.588. The number of piperidine rings is 1. The Labute approximate surface area is 138 Å². The van der Waals surface area contributed by atoms with Crippen molar-refractivity contribution in [1.29, 1.82) is 0 Å². The molecular formula is C17H24N2O3S. The van der Waals surface area contributed by atoms with Crippen LogP contribution in [-0.4, -0.2) is 49.2 Å². The van der Waals surface area contributed by atoms with Crippen LogP contribution in [0, 0.1) is 5.92 Å². The van der Waals surface area contributed by atoms with Crippen molar-refractivity contribution in [3.8, 4) is 0 Å². The zero-order valence-electron chi connectivity index (χ0n) is 13.5. The second-order valence-corrected chi connectivity index (χ2v) is 8.49. The third-order valence-corrected chi connectivity index (χ3v) is 6.86. The van der Waals surface area contributed by atoms with Crippen molar-refractivity contribution in [2.24, 2.45) is 5.92 Å². The number of sulfonamides is 1. The zero-order valence-corrected chi connectivity index (χ0v) is 14.3. The molecule has 2 heterocycles. The number of carbonyl (C=O) groups excluding carboxylic acids is 1. The minimum Gasteiger partial charge on any atom is -0.341 e. The first-order chi connectivity index (χ1) is 11.0. The quantitative estimate of drug-likeness (QED) is 0.849. The largest absolute Gasteiger partial charge is 0.341 e. The predicted molar refractivity (Wildman–Crippen MR) is 88.3 cm³/mol. The van der Waals surface area contributed by atoms with Gasteiger partial charge in [0.2, 0.25) is 15.9 Å². The fourth-order valence-corrected chi connectivity index (χ4v) is 5.11. The summed E-state index contributed by atoms with van der Waals surface area (Å²) in [5.74, 6) is 0.626. The van der Waals surface area contributed by atoms with E-state index in [-0.39, 0.29) is 10.8 Å². The summed E-state index contributed by atoms with van der Waals surface area (Å²) in [6, 6.07) is 7.88. The molecule has 0 N–H and O–H groups in total. The smallest absolute Gasteiger partial charge is 0.243 e. The summed E-state index contributed by atoms with van der Waals surface area (Å²) in [5.41, 5.74) is 0. The van der Waals surface area contributed by atoms with Crippen LogP contribution in [-0.2, 0) is 14.8 Å². The molecule has 2 saturated heterocycles. The van der Waals surface area contributed by atoms with Crippen LogP contribution in [0.2, 0.25) is 0 Å². The third kappa shape index (κ3) is 3.28. The molecule has 0 aromatic heterocycles. The van der Waals surface area contributed by atoms with E-state index in [1.165, 1.54) is 4.31 Å². The molecule has 6 heteroatoms. The molecule has 0 bridgehead atoms. The normalized spacial score (nSPS) is 24.0. The number of rotatable bonds is 3. The SMILES string of the molecule is CC1CCN(C(=O)C2CCCN2S(=O)(=O)c2ccccc2)CC1. The van der Waals surface area contributed by atoms with E-state index in [4.69, 9.17) is 0 Å². The van der Waals surface area contributed by atoms with Gasteiger partial charge < -0.3 is 4.90 Å². The molecule has 1 amide bonds. The number of amides is 1. The maximum absolute atomic E-state index is 12.8. The molecule has 1 aromatic carbocycles. The number of hydrogen-bond donors (Lipinski definition) is 0. The van der Waals surface area contributed by atoms with Gasteiger partial charge in [-0.3, -0.25) is 4.79 Å². The molecule has 2 fully saturated rings. The second kappa shape index (κ2) is 6.61. The molecule has 1 aromatic rings. The number of hydrogen-bond acceptors (Lipinski definition) is 3. The van der Waals surface area contributed by atoms with Crippen molar-refractivity contribution < 1.29 is 13.2 Å². The van der Waals surface area contributed by atoms with Crippen LogP contribution in [0.5, 0.6) is 0 Å². The molecule has 5 nitrogen and oxygen atoms in total. The van der Waals surface area contributed by atoms with Gasteiger partial charge in [-0.15, -0.1) is 0 Å². The predicted octanol–water partition coefficient (Wildman–Crippen LogP) is 2.10. The summed E-state index contributed by atoms with van der Waals surface area (Å²) in [6.45, 7) is 4.12. The Morgan fingerprint density at radius 3 is 2.35 bits per heavy atom. The number of nitrogens with zero attached hydrogens (tertiary/aromatic N) is 2. The first kappa shape index (κ1) is 16.5. The Bertz CT molecular complexity index is 652. The van der Waals surface area contributed by atoms with Gasteiger partial charge in [0.05, 0.1) is 4.90 Å². The highest BCUT2D eigenvalue weighted by molar-refractivity contribution is 7.89. The highest BCUT2D eigenvalue weighted by atomic mass is 32.2. The van der Waals surface area contributed by atoms with Gasteiger partial charge in [0.25, 0.3) is 0 Å². The Morgan fingerprint density at radius 2 is 1.70 bits per heavy atom. The molecule has 2 aliphatic heterocycles. The lowest BCUT2D eigenvalue weighted by Gasteiger charge is -2.34. The number of carbonyl (C=O) groups is 1. The zero-order chi connectivity index (χ0) is 16.4. The van der Waals surface area contributed by atoms with Crippen LogP contribution < -0.4 is 0 Å². The summed E-state index contributed by atoms with van der Waals surface area (Å²) in [5, 5.41) is 0. The Morgan fingerprint density at radius 1 is 1.04 bits per heavy atom. The lowest BCUT2D eigenvalue weighted by Crippen LogP contribution is -2.49. The molecule has 23 heavy (non-hydrogen) atoms. The molecule has 1 unspecified atom stereocenters. The minimum atomic E-state index is -3.60. The van der Waals surface area contributed by atoms with E-state index in [0.29, 0.717) is 18.9 Å². The van der Waals surface area contributed by atoms with Crippen molar-refractivity contribution in [2.75, 3.05) is 19.6 Å². The van der Waals surface area contributed by atoms with Crippen LogP contribution in [0.25, 0.3) is 0 Å². The summed E-state index contributed by atoms with van der Waals surface area (Å²) in [6.07, 6.45) is 3.37. The molecule has 3 rings (SSSR count). The van der Waals surface area contributed by atoms with E-state index in [1.54, 1.807) is 30.3 Å². The standard InChI is InChI=1S/C17H24N2O3S/c1-14-9-12-18(13-10-14)17(20)16-8-5-11-19(16)23(21,22)15-6-3-2-4-7-15/h2-4,6-7,14,16H,5,8-13H2,1H3.